The summed E-state index contributed by atoms with van der Waals surface area (Å²) in [6.07, 6.45) is 0.310. The molecule has 2 fully saturated rings. The van der Waals surface area contributed by atoms with Crippen molar-refractivity contribution < 1.29 is 18.8 Å². The molecule has 2 atom stereocenters. The van der Waals surface area contributed by atoms with E-state index in [2.05, 4.69) is 5.16 Å². The van der Waals surface area contributed by atoms with Gasteiger partial charge in [-0.2, -0.15) is 0 Å². The second-order valence-electron chi connectivity index (χ2n) is 6.87. The van der Waals surface area contributed by atoms with Crippen molar-refractivity contribution >= 4 is 11.8 Å². The van der Waals surface area contributed by atoms with Crippen LogP contribution in [-0.4, -0.2) is 59.6 Å². The van der Waals surface area contributed by atoms with Crippen molar-refractivity contribution in [2.75, 3.05) is 26.7 Å². The van der Waals surface area contributed by atoms with Crippen LogP contribution in [0.4, 0.5) is 0 Å². The molecule has 7 heteroatoms. The number of likely N-dealkylation sites (N-methyl/N-ethyl adjacent to an activating group) is 1. The van der Waals surface area contributed by atoms with Gasteiger partial charge in [0, 0.05) is 26.2 Å². The molecular weight excluding hydrogens is 334 g/mol. The lowest BCUT2D eigenvalue weighted by Gasteiger charge is -2.54. The summed E-state index contributed by atoms with van der Waals surface area (Å²) in [5, 5.41) is 3.83. The molecule has 4 rings (SSSR count). The Morgan fingerprint density at radius 1 is 1.31 bits per heavy atom. The van der Waals surface area contributed by atoms with Crippen LogP contribution in [0.1, 0.15) is 28.2 Å². The van der Waals surface area contributed by atoms with Crippen molar-refractivity contribution in [2.24, 2.45) is 0 Å². The zero-order valence-corrected chi connectivity index (χ0v) is 14.8. The van der Waals surface area contributed by atoms with E-state index in [-0.39, 0.29) is 24.5 Å². The van der Waals surface area contributed by atoms with Gasteiger partial charge in [0.25, 0.3) is 5.91 Å². The van der Waals surface area contributed by atoms with E-state index in [9.17, 15) is 9.59 Å². The van der Waals surface area contributed by atoms with Crippen LogP contribution in [0.3, 0.4) is 0 Å². The standard InChI is InChI=1S/C19H21N3O4/c1-13-10-15(20-26-13)18(24)22-9-8-19(14-6-4-3-5-7-14)16(11-22)25-12-17(23)21(19)2/h3-7,10,16H,8-9,11-12H2,1-2H3/t16-,19+/m1/s1. The molecule has 2 aliphatic rings. The molecule has 0 unspecified atom stereocenters. The molecule has 0 aliphatic carbocycles. The first-order valence-corrected chi connectivity index (χ1v) is 8.69. The maximum atomic E-state index is 12.7. The number of likely N-dealkylation sites (tertiary alicyclic amines) is 1. The minimum absolute atomic E-state index is 0.0286. The number of hydrogen-bond donors (Lipinski definition) is 0. The Bertz CT molecular complexity index is 834. The predicted molar refractivity (Wildman–Crippen MR) is 92.4 cm³/mol. The fourth-order valence-electron chi connectivity index (χ4n) is 4.04. The van der Waals surface area contributed by atoms with Gasteiger partial charge in [-0.05, 0) is 18.9 Å². The topological polar surface area (TPSA) is 75.9 Å². The largest absolute Gasteiger partial charge is 0.364 e. The van der Waals surface area contributed by atoms with Crippen molar-refractivity contribution in [3.8, 4) is 0 Å². The van der Waals surface area contributed by atoms with Gasteiger partial charge >= 0.3 is 0 Å². The molecule has 0 spiro atoms. The molecular formula is C19H21N3O4. The van der Waals surface area contributed by atoms with Crippen LogP contribution < -0.4 is 0 Å². The van der Waals surface area contributed by atoms with Gasteiger partial charge in [0.1, 0.15) is 18.5 Å². The van der Waals surface area contributed by atoms with Gasteiger partial charge in [-0.25, -0.2) is 0 Å². The molecule has 1 aromatic heterocycles. The van der Waals surface area contributed by atoms with Crippen molar-refractivity contribution in [1.29, 1.82) is 0 Å². The van der Waals surface area contributed by atoms with Crippen molar-refractivity contribution in [3.63, 3.8) is 0 Å². The minimum atomic E-state index is -0.562. The highest BCUT2D eigenvalue weighted by molar-refractivity contribution is 5.92. The first-order valence-electron chi connectivity index (χ1n) is 8.69. The number of carbonyl (C=O) groups is 2. The molecule has 0 saturated carbocycles. The third-order valence-electron chi connectivity index (χ3n) is 5.47. The fourth-order valence-corrected chi connectivity index (χ4v) is 4.04. The number of benzene rings is 1. The first-order chi connectivity index (χ1) is 12.5. The molecule has 2 aliphatic heterocycles. The van der Waals surface area contributed by atoms with Crippen LogP contribution in [0.2, 0.25) is 0 Å². The summed E-state index contributed by atoms with van der Waals surface area (Å²) >= 11 is 0. The molecule has 1 aromatic carbocycles. The van der Waals surface area contributed by atoms with E-state index in [1.807, 2.05) is 37.4 Å². The predicted octanol–water partition coefficient (Wildman–Crippen LogP) is 1.58. The number of piperidine rings is 1. The van der Waals surface area contributed by atoms with E-state index in [0.29, 0.717) is 31.0 Å². The normalized spacial score (nSPS) is 25.9. The average molecular weight is 355 g/mol. The van der Waals surface area contributed by atoms with E-state index >= 15 is 0 Å². The van der Waals surface area contributed by atoms with Gasteiger partial charge in [0.2, 0.25) is 5.91 Å². The molecule has 2 amide bonds. The zero-order chi connectivity index (χ0) is 18.3. The van der Waals surface area contributed by atoms with Gasteiger partial charge in [-0.15, -0.1) is 0 Å². The number of carbonyl (C=O) groups excluding carboxylic acids is 2. The summed E-state index contributed by atoms with van der Waals surface area (Å²) in [7, 11) is 1.82. The molecule has 7 nitrogen and oxygen atoms in total. The second kappa shape index (κ2) is 6.25. The lowest BCUT2D eigenvalue weighted by atomic mass is 9.76. The van der Waals surface area contributed by atoms with Gasteiger partial charge in [0.15, 0.2) is 5.69 Å². The molecule has 2 aromatic rings. The van der Waals surface area contributed by atoms with Crippen molar-refractivity contribution in [1.82, 2.24) is 15.0 Å². The van der Waals surface area contributed by atoms with Crippen LogP contribution in [-0.2, 0) is 15.1 Å². The number of nitrogens with zero attached hydrogens (tertiary/aromatic N) is 3. The maximum absolute atomic E-state index is 12.7. The zero-order valence-electron chi connectivity index (χ0n) is 14.8. The second-order valence-corrected chi connectivity index (χ2v) is 6.87. The van der Waals surface area contributed by atoms with Gasteiger partial charge in [0.05, 0.1) is 5.54 Å². The van der Waals surface area contributed by atoms with E-state index in [4.69, 9.17) is 9.26 Å². The van der Waals surface area contributed by atoms with Gasteiger partial charge < -0.3 is 19.1 Å². The minimum Gasteiger partial charge on any atom is -0.364 e. The Morgan fingerprint density at radius 2 is 2.08 bits per heavy atom. The fraction of sp³-hybridized carbons (Fsp3) is 0.421. The Kier molecular flexibility index (Phi) is 4.03. The van der Waals surface area contributed by atoms with Crippen LogP contribution in [0.5, 0.6) is 0 Å². The lowest BCUT2D eigenvalue weighted by Crippen LogP contribution is -2.67. The Hall–Kier alpha value is -2.67. The van der Waals surface area contributed by atoms with Gasteiger partial charge in [-0.3, -0.25) is 9.59 Å². The number of hydrogen-bond acceptors (Lipinski definition) is 5. The molecule has 0 radical (unpaired) electrons. The van der Waals surface area contributed by atoms with Crippen molar-refractivity contribution in [3.05, 3.63) is 53.4 Å². The smallest absolute Gasteiger partial charge is 0.276 e. The van der Waals surface area contributed by atoms with Crippen LogP contribution >= 0.6 is 0 Å². The maximum Gasteiger partial charge on any atom is 0.276 e. The molecule has 26 heavy (non-hydrogen) atoms. The molecule has 136 valence electrons. The summed E-state index contributed by atoms with van der Waals surface area (Å²) in [5.41, 5.74) is 0.771. The number of aryl methyl sites for hydroxylation is 1. The molecule has 0 N–H and O–H groups in total. The summed E-state index contributed by atoms with van der Waals surface area (Å²) in [4.78, 5) is 28.6. The van der Waals surface area contributed by atoms with Gasteiger partial charge in [-0.1, -0.05) is 35.5 Å². The Balaban J connectivity index is 1.65. The van der Waals surface area contributed by atoms with Crippen LogP contribution in [0.25, 0.3) is 0 Å². The van der Waals surface area contributed by atoms with E-state index in [1.165, 1.54) is 0 Å². The molecule has 3 heterocycles. The van der Waals surface area contributed by atoms with Crippen LogP contribution in [0.15, 0.2) is 40.9 Å². The Morgan fingerprint density at radius 3 is 2.77 bits per heavy atom. The number of aromatic nitrogens is 1. The number of morpholine rings is 1. The SMILES string of the molecule is Cc1cc(C(=O)N2CC[C@]3(c4ccccc4)[C@@H](C2)OCC(=O)N3C)no1. The average Bonchev–Trinajstić information content (AvgIpc) is 3.11. The van der Waals surface area contributed by atoms with Crippen molar-refractivity contribution in [2.45, 2.75) is 25.0 Å². The monoisotopic (exact) mass is 355 g/mol. The van der Waals surface area contributed by atoms with Crippen LogP contribution in [0, 0.1) is 6.92 Å². The summed E-state index contributed by atoms with van der Waals surface area (Å²) in [5.74, 6) is 0.381. The lowest BCUT2D eigenvalue weighted by molar-refractivity contribution is -0.180. The molecule has 0 bridgehead atoms. The van der Waals surface area contributed by atoms with E-state index < -0.39 is 5.54 Å². The van der Waals surface area contributed by atoms with E-state index in [0.717, 1.165) is 5.56 Å². The van der Waals surface area contributed by atoms with E-state index in [1.54, 1.807) is 22.8 Å². The first kappa shape index (κ1) is 16.8. The molecule has 2 saturated heterocycles. The summed E-state index contributed by atoms with van der Waals surface area (Å²) < 4.78 is 10.9. The number of ether oxygens (including phenoxy) is 1. The quantitative estimate of drug-likeness (QED) is 0.818. The highest BCUT2D eigenvalue weighted by Gasteiger charge is 2.53. The summed E-state index contributed by atoms with van der Waals surface area (Å²) in [6, 6.07) is 11.5. The highest BCUT2D eigenvalue weighted by Crippen LogP contribution is 2.42. The third kappa shape index (κ3) is 2.50. The summed E-state index contributed by atoms with van der Waals surface area (Å²) in [6.45, 7) is 2.69. The Labute approximate surface area is 151 Å². The third-order valence-corrected chi connectivity index (χ3v) is 5.47. The number of rotatable bonds is 2. The number of fused-ring (bicyclic) bond motifs is 1. The number of amides is 2. The highest BCUT2D eigenvalue weighted by atomic mass is 16.5.